The third-order valence-electron chi connectivity index (χ3n) is 3.52. The van der Waals surface area contributed by atoms with Gasteiger partial charge in [-0.3, -0.25) is 19.7 Å². The van der Waals surface area contributed by atoms with Crippen molar-refractivity contribution in [2.45, 2.75) is 6.18 Å². The van der Waals surface area contributed by atoms with E-state index in [9.17, 15) is 32.9 Å². The number of hydrogen-bond acceptors (Lipinski definition) is 4. The molecule has 0 spiro atoms. The smallest absolute Gasteiger partial charge is 0.268 e. The van der Waals surface area contributed by atoms with E-state index in [0.717, 1.165) is 24.3 Å². The van der Waals surface area contributed by atoms with Crippen molar-refractivity contribution in [2.24, 2.45) is 0 Å². The highest BCUT2D eigenvalue weighted by Gasteiger charge is 2.42. The minimum atomic E-state index is -4.65. The van der Waals surface area contributed by atoms with Gasteiger partial charge in [0, 0.05) is 6.07 Å². The number of benzene rings is 2. The molecule has 9 heteroatoms. The maximum Gasteiger partial charge on any atom is 0.416 e. The molecule has 0 aliphatic carbocycles. The van der Waals surface area contributed by atoms with Crippen LogP contribution in [0.4, 0.5) is 24.5 Å². The molecule has 0 atom stereocenters. The van der Waals surface area contributed by atoms with Gasteiger partial charge in [-0.05, 0) is 24.3 Å². The lowest BCUT2D eigenvalue weighted by atomic mass is 10.1. The molecule has 0 saturated carbocycles. The first-order chi connectivity index (χ1) is 11.2. The lowest BCUT2D eigenvalue weighted by Gasteiger charge is -2.15. The molecule has 6 nitrogen and oxygen atoms in total. The molecule has 0 unspecified atom stereocenters. The van der Waals surface area contributed by atoms with Crippen LogP contribution >= 0.6 is 0 Å². The Morgan fingerprint density at radius 3 is 2.29 bits per heavy atom. The summed E-state index contributed by atoms with van der Waals surface area (Å²) in [5, 5.41) is 11.0. The molecule has 0 radical (unpaired) electrons. The molecular formula is C15H7F3N2O4. The molecule has 2 aromatic carbocycles. The van der Waals surface area contributed by atoms with Crippen LogP contribution in [0, 0.1) is 10.1 Å². The second-order valence-corrected chi connectivity index (χ2v) is 4.95. The predicted octanol–water partition coefficient (Wildman–Crippen LogP) is 3.41. The lowest BCUT2D eigenvalue weighted by molar-refractivity contribution is -0.385. The Hall–Kier alpha value is -3.23. The Balaban J connectivity index is 2.13. The Morgan fingerprint density at radius 2 is 1.67 bits per heavy atom. The Labute approximate surface area is 132 Å². The highest BCUT2D eigenvalue weighted by molar-refractivity contribution is 6.35. The molecule has 0 fully saturated rings. The second-order valence-electron chi connectivity index (χ2n) is 4.95. The number of imide groups is 1. The fraction of sp³-hybridized carbons (Fsp3) is 0.0667. The Morgan fingerprint density at radius 1 is 1.00 bits per heavy atom. The third kappa shape index (κ3) is 2.30. The van der Waals surface area contributed by atoms with E-state index < -0.39 is 39.7 Å². The summed E-state index contributed by atoms with van der Waals surface area (Å²) in [5.74, 6) is -1.93. The molecule has 3 rings (SSSR count). The zero-order valence-corrected chi connectivity index (χ0v) is 11.7. The second kappa shape index (κ2) is 5.15. The van der Waals surface area contributed by atoms with Gasteiger partial charge in [-0.25, -0.2) is 4.90 Å². The first-order valence-electron chi connectivity index (χ1n) is 6.55. The largest absolute Gasteiger partial charge is 0.416 e. The van der Waals surface area contributed by atoms with Gasteiger partial charge in [0.2, 0.25) is 0 Å². The van der Waals surface area contributed by atoms with Crippen molar-refractivity contribution in [3.63, 3.8) is 0 Å². The van der Waals surface area contributed by atoms with Crippen molar-refractivity contribution in [3.8, 4) is 0 Å². The van der Waals surface area contributed by atoms with Crippen LogP contribution in [0.25, 0.3) is 0 Å². The fourth-order valence-corrected chi connectivity index (χ4v) is 2.48. The number of rotatable bonds is 2. The Kier molecular flexibility index (Phi) is 3.36. The van der Waals surface area contributed by atoms with Crippen molar-refractivity contribution in [1.82, 2.24) is 0 Å². The van der Waals surface area contributed by atoms with E-state index in [2.05, 4.69) is 0 Å². The summed E-state index contributed by atoms with van der Waals surface area (Å²) >= 11 is 0. The van der Waals surface area contributed by atoms with Gasteiger partial charge in [0.25, 0.3) is 17.5 Å². The van der Waals surface area contributed by atoms with Crippen molar-refractivity contribution in [2.75, 3.05) is 4.90 Å². The number of carbonyl (C=O) groups excluding carboxylic acids is 2. The maximum atomic E-state index is 12.8. The van der Waals surface area contributed by atoms with Gasteiger partial charge in [-0.1, -0.05) is 12.1 Å². The standard InChI is InChI=1S/C15H7F3N2O4/c16-15(17,18)8-3-1-4-9(7-8)19-13(21)10-5-2-6-11(20(23)24)12(10)14(19)22/h1-7H. The molecule has 0 N–H and O–H groups in total. The van der Waals surface area contributed by atoms with Crippen LogP contribution in [-0.2, 0) is 6.18 Å². The van der Waals surface area contributed by atoms with E-state index >= 15 is 0 Å². The number of hydrogen-bond donors (Lipinski definition) is 0. The summed E-state index contributed by atoms with van der Waals surface area (Å²) in [6.07, 6.45) is -4.65. The summed E-state index contributed by atoms with van der Waals surface area (Å²) in [4.78, 5) is 35.5. The van der Waals surface area contributed by atoms with Crippen LogP contribution < -0.4 is 4.90 Å². The SMILES string of the molecule is O=C1c2cccc([N+](=O)[O-])c2C(=O)N1c1cccc(C(F)(F)F)c1. The van der Waals surface area contributed by atoms with Crippen molar-refractivity contribution < 1.29 is 27.7 Å². The van der Waals surface area contributed by atoms with E-state index in [0.29, 0.717) is 11.0 Å². The maximum absolute atomic E-state index is 12.8. The molecule has 2 aromatic rings. The molecule has 0 aromatic heterocycles. The molecule has 24 heavy (non-hydrogen) atoms. The quantitative estimate of drug-likeness (QED) is 0.478. The van der Waals surface area contributed by atoms with Crippen molar-refractivity contribution >= 4 is 23.2 Å². The van der Waals surface area contributed by atoms with Crippen molar-refractivity contribution in [3.05, 3.63) is 69.3 Å². The van der Waals surface area contributed by atoms with Gasteiger partial charge in [-0.15, -0.1) is 0 Å². The molecule has 1 heterocycles. The number of alkyl halides is 3. The third-order valence-corrected chi connectivity index (χ3v) is 3.52. The molecular weight excluding hydrogens is 329 g/mol. The van der Waals surface area contributed by atoms with Gasteiger partial charge in [0.15, 0.2) is 0 Å². The molecule has 122 valence electrons. The number of nitrogens with zero attached hydrogens (tertiary/aromatic N) is 2. The molecule has 1 aliphatic rings. The zero-order valence-electron chi connectivity index (χ0n) is 11.7. The van der Waals surface area contributed by atoms with E-state index in [1.807, 2.05) is 0 Å². The van der Waals surface area contributed by atoms with E-state index in [1.54, 1.807) is 0 Å². The predicted molar refractivity (Wildman–Crippen MR) is 75.7 cm³/mol. The minimum Gasteiger partial charge on any atom is -0.268 e. The number of halogens is 3. The minimum absolute atomic E-state index is 0.216. The lowest BCUT2D eigenvalue weighted by Crippen LogP contribution is -2.29. The number of carbonyl (C=O) groups is 2. The summed E-state index contributed by atoms with van der Waals surface area (Å²) in [6, 6.07) is 7.16. The summed E-state index contributed by atoms with van der Waals surface area (Å²) in [6.45, 7) is 0. The van der Waals surface area contributed by atoms with Crippen LogP contribution in [0.5, 0.6) is 0 Å². The van der Waals surface area contributed by atoms with Crippen LogP contribution in [0.1, 0.15) is 26.3 Å². The van der Waals surface area contributed by atoms with Gasteiger partial charge < -0.3 is 0 Å². The van der Waals surface area contributed by atoms with E-state index in [-0.39, 0.29) is 11.3 Å². The molecule has 2 amide bonds. The van der Waals surface area contributed by atoms with Crippen molar-refractivity contribution in [1.29, 1.82) is 0 Å². The van der Waals surface area contributed by atoms with Gasteiger partial charge in [0.1, 0.15) is 5.56 Å². The van der Waals surface area contributed by atoms with Crippen LogP contribution in [0.15, 0.2) is 42.5 Å². The normalized spacial score (nSPS) is 14.0. The number of fused-ring (bicyclic) bond motifs is 1. The highest BCUT2D eigenvalue weighted by Crippen LogP contribution is 2.36. The average Bonchev–Trinajstić information content (AvgIpc) is 2.78. The van der Waals surface area contributed by atoms with Crippen LogP contribution in [0.3, 0.4) is 0 Å². The fourth-order valence-electron chi connectivity index (χ4n) is 2.48. The summed E-state index contributed by atoms with van der Waals surface area (Å²) in [7, 11) is 0. The molecule has 0 bridgehead atoms. The molecule has 0 saturated heterocycles. The van der Waals surface area contributed by atoms with Gasteiger partial charge in [-0.2, -0.15) is 13.2 Å². The molecule has 1 aliphatic heterocycles. The van der Waals surface area contributed by atoms with Gasteiger partial charge >= 0.3 is 6.18 Å². The summed E-state index contributed by atoms with van der Waals surface area (Å²) in [5.41, 5.74) is -2.55. The average molecular weight is 336 g/mol. The van der Waals surface area contributed by atoms with E-state index in [1.165, 1.54) is 12.1 Å². The number of amides is 2. The number of nitro groups is 1. The topological polar surface area (TPSA) is 80.5 Å². The summed E-state index contributed by atoms with van der Waals surface area (Å²) < 4.78 is 38.4. The number of nitro benzene ring substituents is 1. The first-order valence-corrected chi connectivity index (χ1v) is 6.55. The van der Waals surface area contributed by atoms with E-state index in [4.69, 9.17) is 0 Å². The first kappa shape index (κ1) is 15.7. The van der Waals surface area contributed by atoms with Gasteiger partial charge in [0.05, 0.1) is 21.7 Å². The highest BCUT2D eigenvalue weighted by atomic mass is 19.4. The Bertz CT molecular complexity index is 893. The monoisotopic (exact) mass is 336 g/mol. The van der Waals surface area contributed by atoms with Crippen LogP contribution in [0.2, 0.25) is 0 Å². The van der Waals surface area contributed by atoms with Crippen LogP contribution in [-0.4, -0.2) is 16.7 Å². The number of anilines is 1. The zero-order chi connectivity index (χ0) is 17.6.